The Morgan fingerprint density at radius 2 is 1.81 bits per heavy atom. The molecule has 0 unspecified atom stereocenters. The predicted molar refractivity (Wildman–Crippen MR) is 125 cm³/mol. The van der Waals surface area contributed by atoms with E-state index in [1.807, 2.05) is 36.4 Å². The molecule has 0 aliphatic carbocycles. The summed E-state index contributed by atoms with van der Waals surface area (Å²) < 4.78 is 25.0. The largest absolute Gasteiger partial charge is 0.493 e. The van der Waals surface area contributed by atoms with Crippen molar-refractivity contribution in [3.63, 3.8) is 0 Å². The third-order valence-corrected chi connectivity index (χ3v) is 4.86. The molecule has 0 heterocycles. The molecule has 0 aliphatic rings. The van der Waals surface area contributed by atoms with Crippen molar-refractivity contribution in [2.75, 3.05) is 19.0 Å². The first-order valence-electron chi connectivity index (χ1n) is 10.6. The van der Waals surface area contributed by atoms with Crippen molar-refractivity contribution in [2.24, 2.45) is 5.92 Å². The number of hydrogen-bond donors (Lipinski definition) is 2. The van der Waals surface area contributed by atoms with Gasteiger partial charge < -0.3 is 20.1 Å². The lowest BCUT2D eigenvalue weighted by Crippen LogP contribution is -2.27. The zero-order valence-corrected chi connectivity index (χ0v) is 18.7. The van der Waals surface area contributed by atoms with Crippen molar-refractivity contribution in [1.82, 2.24) is 5.32 Å². The molecule has 0 atom stereocenters. The van der Waals surface area contributed by atoms with Gasteiger partial charge >= 0.3 is 0 Å². The Balaban J connectivity index is 1.61. The summed E-state index contributed by atoms with van der Waals surface area (Å²) in [5, 5.41) is 6.26. The van der Waals surface area contributed by atoms with Crippen molar-refractivity contribution in [2.45, 2.75) is 27.0 Å². The van der Waals surface area contributed by atoms with Crippen LogP contribution in [0.15, 0.2) is 66.7 Å². The van der Waals surface area contributed by atoms with Gasteiger partial charge in [0.15, 0.2) is 11.5 Å². The molecule has 1 amide bonds. The van der Waals surface area contributed by atoms with Crippen molar-refractivity contribution in [1.29, 1.82) is 0 Å². The van der Waals surface area contributed by atoms with Crippen LogP contribution in [0.4, 0.5) is 10.1 Å². The van der Waals surface area contributed by atoms with Crippen molar-refractivity contribution in [3.05, 3.63) is 89.2 Å². The number of anilines is 1. The van der Waals surface area contributed by atoms with E-state index in [-0.39, 0.29) is 18.3 Å². The number of carbonyl (C=O) groups is 1. The van der Waals surface area contributed by atoms with E-state index in [0.29, 0.717) is 41.6 Å². The van der Waals surface area contributed by atoms with Gasteiger partial charge in [0, 0.05) is 29.9 Å². The molecule has 6 heteroatoms. The van der Waals surface area contributed by atoms with Crippen molar-refractivity contribution < 1.29 is 18.7 Å². The summed E-state index contributed by atoms with van der Waals surface area (Å²) in [6, 6.07) is 19.5. The van der Waals surface area contributed by atoms with Gasteiger partial charge in [-0.3, -0.25) is 4.79 Å². The maximum atomic E-state index is 13.8. The molecule has 0 saturated carbocycles. The Hall–Kier alpha value is -3.54. The van der Waals surface area contributed by atoms with Crippen LogP contribution in [0.5, 0.6) is 11.5 Å². The van der Waals surface area contributed by atoms with Crippen LogP contribution in [0.2, 0.25) is 0 Å². The quantitative estimate of drug-likeness (QED) is 0.446. The predicted octanol–water partition coefficient (Wildman–Crippen LogP) is 5.41. The topological polar surface area (TPSA) is 59.6 Å². The van der Waals surface area contributed by atoms with Gasteiger partial charge in [-0.15, -0.1) is 0 Å². The van der Waals surface area contributed by atoms with Gasteiger partial charge in [0.25, 0.3) is 5.91 Å². The highest BCUT2D eigenvalue weighted by Crippen LogP contribution is 2.29. The monoisotopic (exact) mass is 436 g/mol. The van der Waals surface area contributed by atoms with Crippen LogP contribution >= 0.6 is 0 Å². The smallest absolute Gasteiger partial charge is 0.251 e. The Labute approximate surface area is 188 Å². The van der Waals surface area contributed by atoms with Crippen molar-refractivity contribution >= 4 is 11.6 Å². The molecule has 0 fully saturated rings. The molecule has 0 aromatic heterocycles. The van der Waals surface area contributed by atoms with E-state index in [2.05, 4.69) is 24.5 Å². The zero-order chi connectivity index (χ0) is 22.9. The standard InChI is InChI=1S/C26H29FN2O3/c1-18(2)15-29-26(30)20-8-6-9-22(14-20)28-16-19-11-12-24(25(13-19)31-3)32-17-21-7-4-5-10-23(21)27/h4-14,18,28H,15-17H2,1-3H3,(H,29,30). The number of nitrogens with one attached hydrogen (secondary N) is 2. The number of amides is 1. The Bertz CT molecular complexity index is 1050. The molecule has 32 heavy (non-hydrogen) atoms. The maximum absolute atomic E-state index is 13.8. The number of rotatable bonds is 10. The first kappa shape index (κ1) is 23.1. The molecule has 0 bridgehead atoms. The van der Waals surface area contributed by atoms with E-state index in [9.17, 15) is 9.18 Å². The minimum Gasteiger partial charge on any atom is -0.493 e. The molecular formula is C26H29FN2O3. The molecule has 168 valence electrons. The summed E-state index contributed by atoms with van der Waals surface area (Å²) >= 11 is 0. The fourth-order valence-corrected chi connectivity index (χ4v) is 3.09. The van der Waals surface area contributed by atoms with E-state index in [0.717, 1.165) is 11.3 Å². The molecule has 3 aromatic rings. The van der Waals surface area contributed by atoms with Crippen LogP contribution in [-0.2, 0) is 13.2 Å². The lowest BCUT2D eigenvalue weighted by molar-refractivity contribution is 0.0949. The summed E-state index contributed by atoms with van der Waals surface area (Å²) in [6.07, 6.45) is 0. The molecular weight excluding hydrogens is 407 g/mol. The number of carbonyl (C=O) groups excluding carboxylic acids is 1. The normalized spacial score (nSPS) is 10.7. The highest BCUT2D eigenvalue weighted by Gasteiger charge is 2.09. The van der Waals surface area contributed by atoms with Crippen LogP contribution in [0, 0.1) is 11.7 Å². The first-order chi connectivity index (χ1) is 15.5. The van der Waals surface area contributed by atoms with Crippen molar-refractivity contribution in [3.8, 4) is 11.5 Å². The van der Waals surface area contributed by atoms with E-state index >= 15 is 0 Å². The second-order valence-electron chi connectivity index (χ2n) is 7.90. The zero-order valence-electron chi connectivity index (χ0n) is 18.7. The Kier molecular flexibility index (Phi) is 8.08. The lowest BCUT2D eigenvalue weighted by atomic mass is 10.1. The van der Waals surface area contributed by atoms with Gasteiger partial charge in [-0.2, -0.15) is 0 Å². The van der Waals surface area contributed by atoms with Crippen LogP contribution in [-0.4, -0.2) is 19.6 Å². The molecule has 0 radical (unpaired) electrons. The molecule has 0 saturated heterocycles. The number of ether oxygens (including phenoxy) is 2. The molecule has 0 spiro atoms. The van der Waals surface area contributed by atoms with E-state index in [1.54, 1.807) is 31.4 Å². The van der Waals surface area contributed by atoms with Crippen LogP contribution in [0.25, 0.3) is 0 Å². The summed E-state index contributed by atoms with van der Waals surface area (Å²) in [5.74, 6) is 1.13. The maximum Gasteiger partial charge on any atom is 0.251 e. The summed E-state index contributed by atoms with van der Waals surface area (Å²) in [7, 11) is 1.57. The van der Waals surface area contributed by atoms with Crippen LogP contribution < -0.4 is 20.1 Å². The van der Waals surface area contributed by atoms with Gasteiger partial charge in [-0.05, 0) is 47.9 Å². The highest BCUT2D eigenvalue weighted by atomic mass is 19.1. The minimum atomic E-state index is -0.299. The Morgan fingerprint density at radius 3 is 2.56 bits per heavy atom. The second-order valence-corrected chi connectivity index (χ2v) is 7.90. The summed E-state index contributed by atoms with van der Waals surface area (Å²) in [4.78, 5) is 12.3. The molecule has 3 aromatic carbocycles. The van der Waals surface area contributed by atoms with Crippen LogP contribution in [0.1, 0.15) is 35.3 Å². The van der Waals surface area contributed by atoms with Gasteiger partial charge in [-0.1, -0.05) is 44.2 Å². The third-order valence-electron chi connectivity index (χ3n) is 4.86. The average Bonchev–Trinajstić information content (AvgIpc) is 2.81. The number of methoxy groups -OCH3 is 1. The fraction of sp³-hybridized carbons (Fsp3) is 0.269. The first-order valence-corrected chi connectivity index (χ1v) is 10.6. The number of benzene rings is 3. The van der Waals surface area contributed by atoms with Gasteiger partial charge in [0.1, 0.15) is 12.4 Å². The molecule has 5 nitrogen and oxygen atoms in total. The van der Waals surface area contributed by atoms with Crippen LogP contribution in [0.3, 0.4) is 0 Å². The lowest BCUT2D eigenvalue weighted by Gasteiger charge is -2.14. The van der Waals surface area contributed by atoms with Gasteiger partial charge in [0.2, 0.25) is 0 Å². The van der Waals surface area contributed by atoms with E-state index in [1.165, 1.54) is 6.07 Å². The number of halogens is 1. The van der Waals surface area contributed by atoms with E-state index in [4.69, 9.17) is 9.47 Å². The van der Waals surface area contributed by atoms with E-state index < -0.39 is 0 Å². The average molecular weight is 437 g/mol. The fourth-order valence-electron chi connectivity index (χ4n) is 3.09. The number of hydrogen-bond acceptors (Lipinski definition) is 4. The molecule has 3 rings (SSSR count). The second kappa shape index (κ2) is 11.2. The molecule has 2 N–H and O–H groups in total. The minimum absolute atomic E-state index is 0.0830. The summed E-state index contributed by atoms with van der Waals surface area (Å²) in [6.45, 7) is 5.42. The Morgan fingerprint density at radius 1 is 1.00 bits per heavy atom. The van der Waals surface area contributed by atoms with Gasteiger partial charge in [0.05, 0.1) is 7.11 Å². The SMILES string of the molecule is COc1cc(CNc2cccc(C(=O)NCC(C)C)c2)ccc1OCc1ccccc1F. The third kappa shape index (κ3) is 6.48. The summed E-state index contributed by atoms with van der Waals surface area (Å²) in [5.41, 5.74) is 2.93. The molecule has 0 aliphatic heterocycles. The van der Waals surface area contributed by atoms with Gasteiger partial charge in [-0.25, -0.2) is 4.39 Å². The highest BCUT2D eigenvalue weighted by molar-refractivity contribution is 5.95.